The number of nitriles is 2. The van der Waals surface area contributed by atoms with Crippen molar-refractivity contribution in [3.63, 3.8) is 0 Å². The third-order valence-corrected chi connectivity index (χ3v) is 7.36. The van der Waals surface area contributed by atoms with E-state index in [4.69, 9.17) is 0 Å². The van der Waals surface area contributed by atoms with Crippen molar-refractivity contribution in [2.45, 2.75) is 56.0 Å². The zero-order valence-corrected chi connectivity index (χ0v) is 22.1. The summed E-state index contributed by atoms with van der Waals surface area (Å²) in [5.41, 5.74) is 0.330. The van der Waals surface area contributed by atoms with Crippen LogP contribution in [0.5, 0.6) is 0 Å². The van der Waals surface area contributed by atoms with Crippen LogP contribution in [0.15, 0.2) is 66.9 Å². The Morgan fingerprint density at radius 2 is 1.76 bits per heavy atom. The Kier molecular flexibility index (Phi) is 7.83. The predicted octanol–water partition coefficient (Wildman–Crippen LogP) is 3.94. The maximum absolute atomic E-state index is 14.8. The fraction of sp³-hybridized carbons (Fsp3) is 0.300. The van der Waals surface area contributed by atoms with Gasteiger partial charge in [-0.05, 0) is 48.7 Å². The van der Waals surface area contributed by atoms with E-state index in [-0.39, 0.29) is 35.5 Å². The van der Waals surface area contributed by atoms with E-state index in [1.54, 1.807) is 30.3 Å². The van der Waals surface area contributed by atoms with E-state index in [1.165, 1.54) is 29.3 Å². The molecule has 0 spiro atoms. The molecule has 2 amide bonds. The average molecular weight is 575 g/mol. The first-order chi connectivity index (χ1) is 20.1. The zero-order valence-electron chi connectivity index (χ0n) is 22.1. The van der Waals surface area contributed by atoms with E-state index < -0.39 is 60.7 Å². The molecule has 2 N–H and O–H groups in total. The first-order valence-corrected chi connectivity index (χ1v) is 13.2. The molecule has 1 aliphatic heterocycles. The minimum atomic E-state index is -2.91. The van der Waals surface area contributed by atoms with Crippen LogP contribution in [-0.2, 0) is 9.59 Å². The van der Waals surface area contributed by atoms with Crippen LogP contribution in [-0.4, -0.2) is 46.1 Å². The number of carbonyl (C=O) groups excluding carboxylic acids is 2. The predicted molar refractivity (Wildman–Crippen MR) is 144 cm³/mol. The molecular formula is C30H25F3N6O3. The van der Waals surface area contributed by atoms with E-state index in [2.05, 4.69) is 10.3 Å². The molecule has 2 fully saturated rings. The number of hydrogen-bond acceptors (Lipinski definition) is 7. The molecule has 12 heteroatoms. The molecule has 5 rings (SSSR count). The van der Waals surface area contributed by atoms with Crippen LogP contribution in [0.25, 0.3) is 0 Å². The summed E-state index contributed by atoms with van der Waals surface area (Å²) in [5.74, 6) is -5.10. The van der Waals surface area contributed by atoms with E-state index in [0.29, 0.717) is 5.56 Å². The van der Waals surface area contributed by atoms with Crippen molar-refractivity contribution in [2.75, 3.05) is 9.80 Å². The summed E-state index contributed by atoms with van der Waals surface area (Å²) in [5, 5.41) is 32.3. The third-order valence-electron chi connectivity index (χ3n) is 7.36. The summed E-state index contributed by atoms with van der Waals surface area (Å²) in [7, 11) is 0. The molecule has 2 aliphatic rings. The second-order valence-corrected chi connectivity index (χ2v) is 10.3. The lowest BCUT2D eigenvalue weighted by atomic mass is 9.87. The van der Waals surface area contributed by atoms with E-state index in [1.807, 2.05) is 12.1 Å². The van der Waals surface area contributed by atoms with Crippen molar-refractivity contribution < 1.29 is 27.9 Å². The van der Waals surface area contributed by atoms with E-state index >= 15 is 0 Å². The molecule has 1 aromatic heterocycles. The number of halogens is 3. The number of anilines is 2. The number of alkyl halides is 2. The highest BCUT2D eigenvalue weighted by Crippen LogP contribution is 2.39. The van der Waals surface area contributed by atoms with Gasteiger partial charge in [0.05, 0.1) is 23.3 Å². The highest BCUT2D eigenvalue weighted by Gasteiger charge is 2.48. The first kappa shape index (κ1) is 28.6. The summed E-state index contributed by atoms with van der Waals surface area (Å²) in [6.07, 6.45) is -0.654. The number of nitrogens with zero attached hydrogens (tertiary/aromatic N) is 5. The molecule has 214 valence electrons. The molecule has 1 saturated heterocycles. The molecule has 1 aliphatic carbocycles. The average Bonchev–Trinajstić information content (AvgIpc) is 3.35. The van der Waals surface area contributed by atoms with Crippen molar-refractivity contribution in [3.05, 3.63) is 89.4 Å². The molecule has 0 radical (unpaired) electrons. The minimum absolute atomic E-state index is 0.111. The van der Waals surface area contributed by atoms with Gasteiger partial charge in [-0.25, -0.2) is 18.2 Å². The number of pyridine rings is 1. The van der Waals surface area contributed by atoms with Gasteiger partial charge in [0.1, 0.15) is 29.9 Å². The lowest BCUT2D eigenvalue weighted by Gasteiger charge is -2.39. The number of carbonyl (C=O) groups is 2. The SMILES string of the molecule is N#Cc1cc(F)cc(N(C(=O)C2CCC(O)N2c2cc(C#N)ccn2)C(C(=O)NC2CC(F)(F)C2)c2ccccc2)c1. The minimum Gasteiger partial charge on any atom is -0.374 e. The quantitative estimate of drug-likeness (QED) is 0.437. The van der Waals surface area contributed by atoms with Gasteiger partial charge in [-0.1, -0.05) is 30.3 Å². The van der Waals surface area contributed by atoms with Gasteiger partial charge in [0.25, 0.3) is 11.8 Å². The Balaban J connectivity index is 1.62. The Hall–Kier alpha value is -4.94. The Morgan fingerprint density at radius 3 is 2.43 bits per heavy atom. The molecule has 3 unspecified atom stereocenters. The molecule has 9 nitrogen and oxygen atoms in total. The van der Waals surface area contributed by atoms with Crippen LogP contribution in [0.3, 0.4) is 0 Å². The van der Waals surface area contributed by atoms with Gasteiger partial charge in [-0.15, -0.1) is 0 Å². The van der Waals surface area contributed by atoms with Gasteiger partial charge in [-0.3, -0.25) is 14.5 Å². The smallest absolute Gasteiger partial charge is 0.252 e. The second kappa shape index (κ2) is 11.5. The molecule has 42 heavy (non-hydrogen) atoms. The van der Waals surface area contributed by atoms with Crippen molar-refractivity contribution in [3.8, 4) is 12.1 Å². The summed E-state index contributed by atoms with van der Waals surface area (Å²) >= 11 is 0. The molecule has 2 aromatic carbocycles. The highest BCUT2D eigenvalue weighted by molar-refractivity contribution is 6.05. The van der Waals surface area contributed by atoms with E-state index in [9.17, 15) is 38.4 Å². The van der Waals surface area contributed by atoms with Gasteiger partial charge in [0, 0.05) is 30.8 Å². The molecule has 1 saturated carbocycles. The number of aliphatic hydroxyl groups is 1. The number of aromatic nitrogens is 1. The van der Waals surface area contributed by atoms with Gasteiger partial charge in [0.15, 0.2) is 0 Å². The molecular weight excluding hydrogens is 549 g/mol. The summed E-state index contributed by atoms with van der Waals surface area (Å²) in [6, 6.07) is 14.6. The molecule has 3 aromatic rings. The number of hydrogen-bond donors (Lipinski definition) is 2. The summed E-state index contributed by atoms with van der Waals surface area (Å²) in [6.45, 7) is 0. The number of benzene rings is 2. The summed E-state index contributed by atoms with van der Waals surface area (Å²) in [4.78, 5) is 34.9. The highest BCUT2D eigenvalue weighted by atomic mass is 19.3. The zero-order chi connectivity index (χ0) is 30.0. The fourth-order valence-electron chi connectivity index (χ4n) is 5.42. The monoisotopic (exact) mass is 574 g/mol. The lowest BCUT2D eigenvalue weighted by Crippen LogP contribution is -2.56. The second-order valence-electron chi connectivity index (χ2n) is 10.3. The number of nitrogens with one attached hydrogen (secondary N) is 1. The Bertz CT molecular complexity index is 1580. The van der Waals surface area contributed by atoms with Crippen molar-refractivity contribution in [1.29, 1.82) is 10.5 Å². The van der Waals surface area contributed by atoms with Gasteiger partial charge >= 0.3 is 0 Å². The van der Waals surface area contributed by atoms with Gasteiger partial charge < -0.3 is 15.3 Å². The normalized spacial score (nSPS) is 20.1. The van der Waals surface area contributed by atoms with Crippen LogP contribution in [0, 0.1) is 28.5 Å². The van der Waals surface area contributed by atoms with Crippen LogP contribution < -0.4 is 15.1 Å². The maximum atomic E-state index is 14.8. The standard InChI is InChI=1S/C30H25F3N6O3/c31-21-10-19(17-35)11-23(13-21)38(27(20-4-2-1-3-5-20)28(41)37-22-14-30(32,33)15-22)29(42)24-6-7-26(40)39(24)25-12-18(16-34)8-9-36-25/h1-5,8-13,22,24,26-27,40H,6-7,14-15H2,(H,37,41). The van der Waals surface area contributed by atoms with Crippen LogP contribution in [0.2, 0.25) is 0 Å². The number of aliphatic hydroxyl groups excluding tert-OH is 1. The van der Waals surface area contributed by atoms with Gasteiger partial charge in [-0.2, -0.15) is 10.5 Å². The fourth-order valence-corrected chi connectivity index (χ4v) is 5.42. The van der Waals surface area contributed by atoms with Crippen LogP contribution in [0.4, 0.5) is 24.7 Å². The van der Waals surface area contributed by atoms with Crippen molar-refractivity contribution in [1.82, 2.24) is 10.3 Å². The van der Waals surface area contributed by atoms with Crippen LogP contribution in [0.1, 0.15) is 48.4 Å². The maximum Gasteiger partial charge on any atom is 0.252 e. The number of amides is 2. The molecule has 0 bridgehead atoms. The largest absolute Gasteiger partial charge is 0.374 e. The molecule has 2 heterocycles. The Labute approximate surface area is 239 Å². The first-order valence-electron chi connectivity index (χ1n) is 13.2. The lowest BCUT2D eigenvalue weighted by molar-refractivity contribution is -0.133. The Morgan fingerprint density at radius 1 is 1.05 bits per heavy atom. The number of rotatable bonds is 7. The van der Waals surface area contributed by atoms with Crippen molar-refractivity contribution in [2.24, 2.45) is 0 Å². The van der Waals surface area contributed by atoms with Crippen molar-refractivity contribution >= 4 is 23.3 Å². The van der Waals surface area contributed by atoms with Crippen LogP contribution >= 0.6 is 0 Å². The van der Waals surface area contributed by atoms with E-state index in [0.717, 1.165) is 17.0 Å². The third kappa shape index (κ3) is 5.76. The molecule has 3 atom stereocenters. The van der Waals surface area contributed by atoms with Gasteiger partial charge in [0.2, 0.25) is 5.91 Å². The topological polar surface area (TPSA) is 133 Å². The summed E-state index contributed by atoms with van der Waals surface area (Å²) < 4.78 is 42.0.